The summed E-state index contributed by atoms with van der Waals surface area (Å²) in [6.45, 7) is 6.49. The van der Waals surface area contributed by atoms with Gasteiger partial charge in [0.15, 0.2) is 11.6 Å². The first-order valence-electron chi connectivity index (χ1n) is 10.1. The first-order chi connectivity index (χ1) is 14.9. The summed E-state index contributed by atoms with van der Waals surface area (Å²) in [6, 6.07) is 10.7. The Balaban J connectivity index is 1.59. The zero-order valence-corrected chi connectivity index (χ0v) is 19.5. The number of nitrogens with zero attached hydrogens (tertiary/aromatic N) is 2. The highest BCUT2D eigenvalue weighted by Gasteiger charge is 2.31. The fourth-order valence-electron chi connectivity index (χ4n) is 3.87. The number of piperazine rings is 1. The van der Waals surface area contributed by atoms with Crippen molar-refractivity contribution in [2.24, 2.45) is 0 Å². The Kier molecular flexibility index (Phi) is 6.62. The van der Waals surface area contributed by atoms with Gasteiger partial charge in [0.2, 0.25) is 0 Å². The molecular formula is C22H23BrClFN4O2. The predicted octanol–water partition coefficient (Wildman–Crippen LogP) is 4.11. The second-order valence-electron chi connectivity index (χ2n) is 7.83. The van der Waals surface area contributed by atoms with E-state index in [1.54, 1.807) is 0 Å². The van der Waals surface area contributed by atoms with Gasteiger partial charge in [0.25, 0.3) is 5.56 Å². The first kappa shape index (κ1) is 22.2. The summed E-state index contributed by atoms with van der Waals surface area (Å²) in [5.41, 5.74) is 0.660. The summed E-state index contributed by atoms with van der Waals surface area (Å²) in [5, 5.41) is 3.54. The van der Waals surface area contributed by atoms with E-state index in [9.17, 15) is 9.18 Å². The highest BCUT2D eigenvalue weighted by molar-refractivity contribution is 9.10. The van der Waals surface area contributed by atoms with Gasteiger partial charge >= 0.3 is 0 Å². The Hall–Kier alpha value is -2.00. The lowest BCUT2D eigenvalue weighted by Crippen LogP contribution is -2.59. The molecule has 3 aromatic rings. The van der Waals surface area contributed by atoms with E-state index in [-0.39, 0.29) is 38.3 Å². The van der Waals surface area contributed by atoms with Crippen molar-refractivity contribution < 1.29 is 9.13 Å². The van der Waals surface area contributed by atoms with E-state index in [0.29, 0.717) is 6.04 Å². The van der Waals surface area contributed by atoms with Crippen LogP contribution in [-0.4, -0.2) is 46.1 Å². The van der Waals surface area contributed by atoms with Crippen molar-refractivity contribution in [1.29, 1.82) is 0 Å². The first-order valence-corrected chi connectivity index (χ1v) is 11.3. The SMILES string of the molecule is CC(Oc1c(Cl)c(Br)c(F)c2nc[nH]c(=O)c12)[C@@H]1CN(Cc2ccccc2)[C@@H](C)CN1. The molecule has 2 N–H and O–H groups in total. The fraction of sp³-hybridized carbons (Fsp3) is 0.364. The second-order valence-corrected chi connectivity index (χ2v) is 9.00. The molecule has 1 aliphatic heterocycles. The van der Waals surface area contributed by atoms with Crippen molar-refractivity contribution in [2.75, 3.05) is 13.1 Å². The quantitative estimate of drug-likeness (QED) is 0.507. The van der Waals surface area contributed by atoms with Crippen molar-refractivity contribution in [2.45, 2.75) is 38.6 Å². The van der Waals surface area contributed by atoms with E-state index < -0.39 is 11.4 Å². The molecule has 1 aliphatic rings. The number of ether oxygens (including phenoxy) is 1. The molecule has 31 heavy (non-hydrogen) atoms. The van der Waals surface area contributed by atoms with Crippen molar-refractivity contribution in [1.82, 2.24) is 20.2 Å². The number of fused-ring (bicyclic) bond motifs is 1. The Morgan fingerprint density at radius 1 is 1.39 bits per heavy atom. The lowest BCUT2D eigenvalue weighted by Gasteiger charge is -2.41. The predicted molar refractivity (Wildman–Crippen MR) is 123 cm³/mol. The molecule has 0 aliphatic carbocycles. The number of benzene rings is 2. The van der Waals surface area contributed by atoms with Crippen LogP contribution in [0.4, 0.5) is 4.39 Å². The number of hydrogen-bond donors (Lipinski definition) is 2. The minimum atomic E-state index is -0.690. The van der Waals surface area contributed by atoms with Gasteiger partial charge in [-0.05, 0) is 35.3 Å². The fourth-order valence-corrected chi connectivity index (χ4v) is 4.46. The van der Waals surface area contributed by atoms with Crippen LogP contribution in [0.15, 0.2) is 45.9 Å². The molecule has 0 radical (unpaired) electrons. The third kappa shape index (κ3) is 4.48. The Morgan fingerprint density at radius 2 is 2.13 bits per heavy atom. The summed E-state index contributed by atoms with van der Waals surface area (Å²) < 4.78 is 20.8. The van der Waals surface area contributed by atoms with Gasteiger partial charge < -0.3 is 15.0 Å². The van der Waals surface area contributed by atoms with Gasteiger partial charge in [0, 0.05) is 25.7 Å². The zero-order valence-electron chi connectivity index (χ0n) is 17.2. The van der Waals surface area contributed by atoms with Gasteiger partial charge in [0.05, 0.1) is 16.8 Å². The molecule has 164 valence electrons. The number of nitrogens with one attached hydrogen (secondary N) is 2. The monoisotopic (exact) mass is 508 g/mol. The van der Waals surface area contributed by atoms with Crippen molar-refractivity contribution in [3.63, 3.8) is 0 Å². The largest absolute Gasteiger partial charge is 0.487 e. The molecule has 1 fully saturated rings. The van der Waals surface area contributed by atoms with Gasteiger partial charge in [-0.25, -0.2) is 9.37 Å². The van der Waals surface area contributed by atoms with Crippen LogP contribution in [0.25, 0.3) is 10.9 Å². The summed E-state index contributed by atoms with van der Waals surface area (Å²) in [7, 11) is 0. The number of aromatic nitrogens is 2. The van der Waals surface area contributed by atoms with Gasteiger partial charge in [-0.1, -0.05) is 41.9 Å². The minimum absolute atomic E-state index is 0.00497. The molecule has 0 bridgehead atoms. The summed E-state index contributed by atoms with van der Waals surface area (Å²) >= 11 is 9.52. The molecule has 9 heteroatoms. The van der Waals surface area contributed by atoms with E-state index in [2.05, 4.69) is 55.2 Å². The highest BCUT2D eigenvalue weighted by atomic mass is 79.9. The Labute approximate surface area is 192 Å². The number of halogens is 3. The topological polar surface area (TPSA) is 70.2 Å². The molecule has 1 unspecified atom stereocenters. The maximum absolute atomic E-state index is 14.6. The summed E-state index contributed by atoms with van der Waals surface area (Å²) in [5.74, 6) is -0.563. The normalized spacial score (nSPS) is 20.7. The van der Waals surface area contributed by atoms with Crippen LogP contribution in [0.3, 0.4) is 0 Å². The van der Waals surface area contributed by atoms with Crippen LogP contribution in [0.1, 0.15) is 19.4 Å². The molecule has 6 nitrogen and oxygen atoms in total. The van der Waals surface area contributed by atoms with Crippen molar-refractivity contribution in [3.8, 4) is 5.75 Å². The molecular weight excluding hydrogens is 487 g/mol. The van der Waals surface area contributed by atoms with E-state index >= 15 is 0 Å². The Bertz CT molecular complexity index is 1140. The third-order valence-electron chi connectivity index (χ3n) is 5.70. The Morgan fingerprint density at radius 3 is 2.87 bits per heavy atom. The lowest BCUT2D eigenvalue weighted by molar-refractivity contribution is 0.0753. The van der Waals surface area contributed by atoms with Crippen molar-refractivity contribution >= 4 is 38.4 Å². The van der Waals surface area contributed by atoms with Gasteiger partial charge in [-0.15, -0.1) is 0 Å². The molecule has 1 aromatic heterocycles. The average Bonchev–Trinajstić information content (AvgIpc) is 2.77. The standard InChI is InChI=1S/C22H23BrClFN4O2/c1-12-8-26-15(10-29(12)9-14-6-4-3-5-7-14)13(2)31-21-16-20(27-11-28-22(16)30)19(25)17(23)18(21)24/h3-7,11-13,15,26H,8-10H2,1-2H3,(H,27,28,30)/t12-,13?,15-/m0/s1. The molecule has 4 rings (SSSR count). The van der Waals surface area contributed by atoms with Crippen LogP contribution in [0.2, 0.25) is 5.02 Å². The van der Waals surface area contributed by atoms with Gasteiger partial charge in [-0.2, -0.15) is 0 Å². The van der Waals surface area contributed by atoms with Crippen LogP contribution >= 0.6 is 27.5 Å². The molecule has 2 heterocycles. The smallest absolute Gasteiger partial charge is 0.262 e. The van der Waals surface area contributed by atoms with E-state index in [1.807, 2.05) is 25.1 Å². The summed E-state index contributed by atoms with van der Waals surface area (Å²) in [4.78, 5) is 21.3. The van der Waals surface area contributed by atoms with Crippen LogP contribution in [0, 0.1) is 5.82 Å². The van der Waals surface area contributed by atoms with Crippen LogP contribution < -0.4 is 15.6 Å². The zero-order chi connectivity index (χ0) is 22.1. The molecule has 0 saturated carbocycles. The number of aromatic amines is 1. The van der Waals surface area contributed by atoms with Crippen molar-refractivity contribution in [3.05, 3.63) is 67.9 Å². The number of rotatable bonds is 5. The third-order valence-corrected chi connectivity index (χ3v) is 7.04. The van der Waals surface area contributed by atoms with Gasteiger partial charge in [-0.3, -0.25) is 9.69 Å². The highest BCUT2D eigenvalue weighted by Crippen LogP contribution is 2.40. The van der Waals surface area contributed by atoms with Crippen LogP contribution in [0.5, 0.6) is 5.75 Å². The molecule has 0 spiro atoms. The molecule has 1 saturated heterocycles. The average molecular weight is 510 g/mol. The van der Waals surface area contributed by atoms with E-state index in [1.165, 1.54) is 5.56 Å². The summed E-state index contributed by atoms with van der Waals surface area (Å²) in [6.07, 6.45) is 0.829. The molecule has 2 aromatic carbocycles. The molecule has 3 atom stereocenters. The maximum atomic E-state index is 14.6. The maximum Gasteiger partial charge on any atom is 0.262 e. The van der Waals surface area contributed by atoms with E-state index in [0.717, 1.165) is 26.0 Å². The van der Waals surface area contributed by atoms with E-state index in [4.69, 9.17) is 16.3 Å². The van der Waals surface area contributed by atoms with Gasteiger partial charge in [0.1, 0.15) is 22.0 Å². The number of H-pyrrole nitrogens is 1. The minimum Gasteiger partial charge on any atom is -0.487 e. The van der Waals surface area contributed by atoms with Crippen LogP contribution in [-0.2, 0) is 6.54 Å². The lowest BCUT2D eigenvalue weighted by atomic mass is 10.0. The second kappa shape index (κ2) is 9.24. The number of hydrogen-bond acceptors (Lipinski definition) is 5. The molecule has 0 amide bonds.